The van der Waals surface area contributed by atoms with Gasteiger partial charge in [0.15, 0.2) is 0 Å². The molecule has 27 heavy (non-hydrogen) atoms. The largest absolute Gasteiger partial charge is 0.304 e. The first-order chi connectivity index (χ1) is 13.2. The van der Waals surface area contributed by atoms with Crippen LogP contribution in [0, 0.1) is 0 Å². The molecule has 1 saturated carbocycles. The first kappa shape index (κ1) is 18.6. The number of hydrogen-bond acceptors (Lipinski definition) is 5. The predicted molar refractivity (Wildman–Crippen MR) is 106 cm³/mol. The summed E-state index contributed by atoms with van der Waals surface area (Å²) >= 11 is 0. The monoisotopic (exact) mass is 368 g/mol. The second kappa shape index (κ2) is 8.48. The van der Waals surface area contributed by atoms with Gasteiger partial charge in [-0.2, -0.15) is 5.10 Å². The van der Waals surface area contributed by atoms with Crippen LogP contribution in [-0.4, -0.2) is 50.2 Å². The molecule has 4 rings (SSSR count). The molecule has 0 unspecified atom stereocenters. The van der Waals surface area contributed by atoms with Crippen LogP contribution in [0.2, 0.25) is 0 Å². The minimum absolute atomic E-state index is 0.579. The highest BCUT2D eigenvalue weighted by Gasteiger charge is 2.19. The Balaban J connectivity index is 1.39. The molecule has 1 aliphatic heterocycles. The quantitative estimate of drug-likeness (QED) is 0.811. The lowest BCUT2D eigenvalue weighted by molar-refractivity contribution is 0.260. The van der Waals surface area contributed by atoms with Crippen LogP contribution in [-0.2, 0) is 26.2 Å². The molecule has 0 amide bonds. The van der Waals surface area contributed by atoms with Gasteiger partial charge in [-0.05, 0) is 39.4 Å². The molecule has 0 N–H and O–H groups in total. The number of aromatic nitrogens is 4. The number of fused-ring (bicyclic) bond motifs is 1. The van der Waals surface area contributed by atoms with Crippen molar-refractivity contribution in [2.75, 3.05) is 20.6 Å². The summed E-state index contributed by atoms with van der Waals surface area (Å²) in [6.45, 7) is 4.87. The molecule has 0 saturated heterocycles. The van der Waals surface area contributed by atoms with Gasteiger partial charge in [0, 0.05) is 56.6 Å². The summed E-state index contributed by atoms with van der Waals surface area (Å²) in [5.74, 6) is 1.64. The van der Waals surface area contributed by atoms with E-state index in [2.05, 4.69) is 47.0 Å². The van der Waals surface area contributed by atoms with Gasteiger partial charge in [0.1, 0.15) is 5.82 Å². The average molecular weight is 369 g/mol. The minimum atomic E-state index is 0.579. The summed E-state index contributed by atoms with van der Waals surface area (Å²) in [4.78, 5) is 14.1. The zero-order chi connectivity index (χ0) is 18.6. The normalized spacial score (nSPS) is 19.2. The van der Waals surface area contributed by atoms with Crippen LogP contribution in [0.15, 0.2) is 18.5 Å². The number of hydrogen-bond donors (Lipinski definition) is 0. The van der Waals surface area contributed by atoms with Gasteiger partial charge in [-0.3, -0.25) is 9.58 Å². The fourth-order valence-electron chi connectivity index (χ4n) is 4.40. The molecular formula is C21H32N6. The van der Waals surface area contributed by atoms with E-state index in [1.54, 1.807) is 0 Å². The number of rotatable bonds is 5. The maximum Gasteiger partial charge on any atom is 0.131 e. The van der Waals surface area contributed by atoms with Gasteiger partial charge in [-0.1, -0.05) is 19.3 Å². The fourth-order valence-corrected chi connectivity index (χ4v) is 4.40. The first-order valence-corrected chi connectivity index (χ1v) is 10.4. The van der Waals surface area contributed by atoms with Crippen molar-refractivity contribution in [3.05, 3.63) is 41.2 Å². The SMILES string of the molecule is CN(C)Cc1cc2n(n1)CCCN(Cc1cnc(C3CCCCC3)nc1)C2. The molecular weight excluding hydrogens is 336 g/mol. The van der Waals surface area contributed by atoms with E-state index in [0.29, 0.717) is 5.92 Å². The minimum Gasteiger partial charge on any atom is -0.304 e. The molecule has 1 fully saturated rings. The van der Waals surface area contributed by atoms with Gasteiger partial charge in [-0.25, -0.2) is 9.97 Å². The van der Waals surface area contributed by atoms with Crippen molar-refractivity contribution >= 4 is 0 Å². The Labute approximate surface area is 162 Å². The lowest BCUT2D eigenvalue weighted by Gasteiger charge is -2.21. The predicted octanol–water partition coefficient (Wildman–Crippen LogP) is 3.19. The molecule has 3 heterocycles. The highest BCUT2D eigenvalue weighted by Crippen LogP contribution is 2.30. The molecule has 2 aliphatic rings. The van der Waals surface area contributed by atoms with E-state index < -0.39 is 0 Å². The molecule has 0 radical (unpaired) electrons. The lowest BCUT2D eigenvalue weighted by Crippen LogP contribution is -2.23. The molecule has 2 aromatic heterocycles. The molecule has 2 aromatic rings. The maximum atomic E-state index is 4.78. The summed E-state index contributed by atoms with van der Waals surface area (Å²) < 4.78 is 2.20. The van der Waals surface area contributed by atoms with Gasteiger partial charge in [0.05, 0.1) is 11.4 Å². The Morgan fingerprint density at radius 2 is 1.81 bits per heavy atom. The third-order valence-electron chi connectivity index (χ3n) is 5.72. The average Bonchev–Trinajstić information content (AvgIpc) is 2.93. The van der Waals surface area contributed by atoms with E-state index in [4.69, 9.17) is 15.1 Å². The van der Waals surface area contributed by atoms with Gasteiger partial charge < -0.3 is 4.90 Å². The van der Waals surface area contributed by atoms with Crippen LogP contribution in [0.3, 0.4) is 0 Å². The van der Waals surface area contributed by atoms with Gasteiger partial charge >= 0.3 is 0 Å². The van der Waals surface area contributed by atoms with Crippen molar-refractivity contribution in [2.24, 2.45) is 0 Å². The summed E-state index contributed by atoms with van der Waals surface area (Å²) in [5, 5.41) is 4.78. The summed E-state index contributed by atoms with van der Waals surface area (Å²) in [6, 6.07) is 2.26. The Hall–Kier alpha value is -1.79. The van der Waals surface area contributed by atoms with Crippen LogP contribution in [0.1, 0.15) is 67.2 Å². The highest BCUT2D eigenvalue weighted by molar-refractivity contribution is 5.13. The molecule has 6 heteroatoms. The third kappa shape index (κ3) is 4.74. The Kier molecular flexibility index (Phi) is 5.83. The molecule has 0 atom stereocenters. The molecule has 6 nitrogen and oxygen atoms in total. The van der Waals surface area contributed by atoms with Crippen LogP contribution >= 0.6 is 0 Å². The smallest absolute Gasteiger partial charge is 0.131 e. The number of nitrogens with zero attached hydrogens (tertiary/aromatic N) is 6. The van der Waals surface area contributed by atoms with E-state index in [1.165, 1.54) is 43.4 Å². The molecule has 0 aromatic carbocycles. The highest BCUT2D eigenvalue weighted by atomic mass is 15.3. The van der Waals surface area contributed by atoms with Crippen molar-refractivity contribution in [3.63, 3.8) is 0 Å². The van der Waals surface area contributed by atoms with E-state index in [0.717, 1.165) is 50.7 Å². The Bertz CT molecular complexity index is 730. The Morgan fingerprint density at radius 1 is 1.04 bits per heavy atom. The van der Waals surface area contributed by atoms with Gasteiger partial charge in [0.2, 0.25) is 0 Å². The van der Waals surface area contributed by atoms with Crippen LogP contribution in [0.5, 0.6) is 0 Å². The van der Waals surface area contributed by atoms with Crippen molar-refractivity contribution in [3.8, 4) is 0 Å². The maximum absolute atomic E-state index is 4.78. The second-order valence-electron chi connectivity index (χ2n) is 8.44. The second-order valence-corrected chi connectivity index (χ2v) is 8.44. The van der Waals surface area contributed by atoms with Crippen LogP contribution in [0.25, 0.3) is 0 Å². The molecule has 0 spiro atoms. The zero-order valence-corrected chi connectivity index (χ0v) is 16.8. The van der Waals surface area contributed by atoms with E-state index in [1.807, 2.05) is 0 Å². The van der Waals surface area contributed by atoms with E-state index in [9.17, 15) is 0 Å². The van der Waals surface area contributed by atoms with E-state index in [-0.39, 0.29) is 0 Å². The van der Waals surface area contributed by atoms with Gasteiger partial charge in [-0.15, -0.1) is 0 Å². The summed E-state index contributed by atoms with van der Waals surface area (Å²) in [6.07, 6.45) is 11.8. The first-order valence-electron chi connectivity index (χ1n) is 10.4. The summed E-state index contributed by atoms with van der Waals surface area (Å²) in [5.41, 5.74) is 3.71. The molecule has 1 aliphatic carbocycles. The topological polar surface area (TPSA) is 50.1 Å². The molecule has 146 valence electrons. The lowest BCUT2D eigenvalue weighted by atomic mass is 9.89. The van der Waals surface area contributed by atoms with Gasteiger partial charge in [0.25, 0.3) is 0 Å². The Morgan fingerprint density at radius 3 is 2.56 bits per heavy atom. The third-order valence-corrected chi connectivity index (χ3v) is 5.72. The van der Waals surface area contributed by atoms with Crippen LogP contribution < -0.4 is 0 Å². The van der Waals surface area contributed by atoms with Crippen molar-refractivity contribution < 1.29 is 0 Å². The molecule has 0 bridgehead atoms. The standard InChI is InChI=1S/C21H32N6/c1-25(2)15-19-11-20-16-26(9-6-10-27(20)24-19)14-17-12-22-21(23-13-17)18-7-4-3-5-8-18/h11-13,18H,3-10,14-16H2,1-2H3. The summed E-state index contributed by atoms with van der Waals surface area (Å²) in [7, 11) is 4.18. The zero-order valence-electron chi connectivity index (χ0n) is 16.8. The van der Waals surface area contributed by atoms with E-state index >= 15 is 0 Å². The van der Waals surface area contributed by atoms with Crippen molar-refractivity contribution in [2.45, 2.75) is 70.6 Å². The fraction of sp³-hybridized carbons (Fsp3) is 0.667. The number of aryl methyl sites for hydroxylation is 1. The van der Waals surface area contributed by atoms with Crippen molar-refractivity contribution in [1.82, 2.24) is 29.5 Å². The van der Waals surface area contributed by atoms with Crippen LogP contribution in [0.4, 0.5) is 0 Å². The van der Waals surface area contributed by atoms with Crippen molar-refractivity contribution in [1.29, 1.82) is 0 Å².